The highest BCUT2D eigenvalue weighted by molar-refractivity contribution is 9.10. The fourth-order valence-electron chi connectivity index (χ4n) is 2.88. The molecule has 0 saturated carbocycles. The number of nitrogens with one attached hydrogen (secondary N) is 1. The average Bonchev–Trinajstić information content (AvgIpc) is 2.54. The van der Waals surface area contributed by atoms with Crippen molar-refractivity contribution < 1.29 is 9.53 Å². The normalized spacial score (nSPS) is 20.7. The zero-order valence-electron chi connectivity index (χ0n) is 13.7. The molecule has 24 heavy (non-hydrogen) atoms. The molecule has 0 aliphatic carbocycles. The number of benzene rings is 1. The SMILES string of the molecule is CC1CN(c2ccc(NC(=O)c3cncc(Br)c3)cc2)CC(C)O1. The summed E-state index contributed by atoms with van der Waals surface area (Å²) in [4.78, 5) is 18.6. The van der Waals surface area contributed by atoms with Gasteiger partial charge in [0.2, 0.25) is 0 Å². The van der Waals surface area contributed by atoms with Crippen molar-refractivity contribution in [2.45, 2.75) is 26.1 Å². The molecule has 0 spiro atoms. The first-order chi connectivity index (χ1) is 11.5. The fourth-order valence-corrected chi connectivity index (χ4v) is 3.25. The number of amides is 1. The van der Waals surface area contributed by atoms with Gasteiger partial charge in [0.1, 0.15) is 0 Å². The topological polar surface area (TPSA) is 54.5 Å². The van der Waals surface area contributed by atoms with Gasteiger partial charge in [-0.25, -0.2) is 0 Å². The Balaban J connectivity index is 1.67. The van der Waals surface area contributed by atoms with E-state index in [0.717, 1.165) is 28.9 Å². The third-order valence-corrected chi connectivity index (χ3v) is 4.31. The maximum atomic E-state index is 12.2. The number of rotatable bonds is 3. The van der Waals surface area contributed by atoms with Crippen LogP contribution in [0.3, 0.4) is 0 Å². The number of carbonyl (C=O) groups excluding carboxylic acids is 1. The van der Waals surface area contributed by atoms with E-state index in [9.17, 15) is 4.79 Å². The van der Waals surface area contributed by atoms with E-state index in [4.69, 9.17) is 4.74 Å². The highest BCUT2D eigenvalue weighted by Gasteiger charge is 2.22. The molecule has 2 aromatic rings. The first kappa shape index (κ1) is 16.9. The van der Waals surface area contributed by atoms with Gasteiger partial charge in [0.25, 0.3) is 5.91 Å². The number of carbonyl (C=O) groups is 1. The molecule has 6 heteroatoms. The second-order valence-corrected chi connectivity index (χ2v) is 6.97. The molecule has 2 heterocycles. The molecule has 1 aromatic heterocycles. The van der Waals surface area contributed by atoms with Gasteiger partial charge >= 0.3 is 0 Å². The van der Waals surface area contributed by atoms with Crippen LogP contribution in [-0.4, -0.2) is 36.2 Å². The Hall–Kier alpha value is -1.92. The second kappa shape index (κ2) is 7.32. The minimum atomic E-state index is -0.176. The standard InChI is InChI=1S/C18H20BrN3O2/c1-12-10-22(11-13(2)24-12)17-5-3-16(4-6-17)21-18(23)14-7-15(19)9-20-8-14/h3-9,12-13H,10-11H2,1-2H3,(H,21,23). The number of hydrogen-bond acceptors (Lipinski definition) is 4. The Labute approximate surface area is 150 Å². The van der Waals surface area contributed by atoms with Crippen molar-refractivity contribution in [2.75, 3.05) is 23.3 Å². The van der Waals surface area contributed by atoms with E-state index in [-0.39, 0.29) is 18.1 Å². The third-order valence-electron chi connectivity index (χ3n) is 3.88. The molecule has 3 rings (SSSR count). The molecular weight excluding hydrogens is 370 g/mol. The van der Waals surface area contributed by atoms with E-state index in [1.54, 1.807) is 18.5 Å². The molecule has 1 aromatic carbocycles. The summed E-state index contributed by atoms with van der Waals surface area (Å²) in [5.41, 5.74) is 2.42. The van der Waals surface area contributed by atoms with E-state index in [2.05, 4.69) is 45.0 Å². The van der Waals surface area contributed by atoms with Gasteiger partial charge < -0.3 is 15.0 Å². The van der Waals surface area contributed by atoms with Crippen LogP contribution in [0.2, 0.25) is 0 Å². The zero-order chi connectivity index (χ0) is 17.1. The van der Waals surface area contributed by atoms with E-state index in [0.29, 0.717) is 5.56 Å². The molecule has 2 atom stereocenters. The molecule has 1 aliphatic heterocycles. The Bertz CT molecular complexity index is 710. The van der Waals surface area contributed by atoms with Crippen molar-refractivity contribution >= 4 is 33.2 Å². The van der Waals surface area contributed by atoms with E-state index >= 15 is 0 Å². The van der Waals surface area contributed by atoms with Crippen LogP contribution in [0, 0.1) is 0 Å². The van der Waals surface area contributed by atoms with Gasteiger partial charge in [0.05, 0.1) is 17.8 Å². The van der Waals surface area contributed by atoms with E-state index in [1.807, 2.05) is 24.3 Å². The number of halogens is 1. The minimum absolute atomic E-state index is 0.176. The van der Waals surface area contributed by atoms with Gasteiger partial charge in [-0.3, -0.25) is 9.78 Å². The van der Waals surface area contributed by atoms with Crippen LogP contribution in [0.5, 0.6) is 0 Å². The molecule has 0 bridgehead atoms. The molecule has 1 saturated heterocycles. The average molecular weight is 390 g/mol. The number of ether oxygens (including phenoxy) is 1. The highest BCUT2D eigenvalue weighted by atomic mass is 79.9. The molecule has 1 aliphatic rings. The summed E-state index contributed by atoms with van der Waals surface area (Å²) in [6.07, 6.45) is 3.63. The summed E-state index contributed by atoms with van der Waals surface area (Å²) in [7, 11) is 0. The van der Waals surface area contributed by atoms with Crippen LogP contribution in [-0.2, 0) is 4.74 Å². The minimum Gasteiger partial charge on any atom is -0.372 e. The van der Waals surface area contributed by atoms with Crippen molar-refractivity contribution in [3.63, 3.8) is 0 Å². The summed E-state index contributed by atoms with van der Waals surface area (Å²) in [6, 6.07) is 9.64. The maximum absolute atomic E-state index is 12.2. The van der Waals surface area contributed by atoms with Gasteiger partial charge in [0, 0.05) is 41.3 Å². The molecule has 1 fully saturated rings. The predicted octanol–water partition coefficient (Wildman–Crippen LogP) is 3.71. The van der Waals surface area contributed by atoms with Crippen molar-refractivity contribution in [1.29, 1.82) is 0 Å². The lowest BCUT2D eigenvalue weighted by atomic mass is 10.2. The molecule has 1 amide bonds. The second-order valence-electron chi connectivity index (χ2n) is 6.06. The Morgan fingerprint density at radius 1 is 1.21 bits per heavy atom. The molecule has 5 nitrogen and oxygen atoms in total. The van der Waals surface area contributed by atoms with Gasteiger partial charge in [-0.1, -0.05) is 0 Å². The first-order valence-corrected chi connectivity index (χ1v) is 8.73. The largest absolute Gasteiger partial charge is 0.372 e. The first-order valence-electron chi connectivity index (χ1n) is 7.93. The monoisotopic (exact) mass is 389 g/mol. The quantitative estimate of drug-likeness (QED) is 0.868. The predicted molar refractivity (Wildman–Crippen MR) is 98.6 cm³/mol. The van der Waals surface area contributed by atoms with Crippen molar-refractivity contribution in [2.24, 2.45) is 0 Å². The Morgan fingerprint density at radius 2 is 1.88 bits per heavy atom. The summed E-state index contributed by atoms with van der Waals surface area (Å²) in [5, 5.41) is 2.89. The number of pyridine rings is 1. The van der Waals surface area contributed by atoms with Crippen LogP contribution < -0.4 is 10.2 Å². The van der Waals surface area contributed by atoms with Gasteiger partial charge in [-0.2, -0.15) is 0 Å². The summed E-state index contributed by atoms with van der Waals surface area (Å²) in [6.45, 7) is 5.92. The molecular formula is C18H20BrN3O2. The van der Waals surface area contributed by atoms with Crippen molar-refractivity contribution in [3.8, 4) is 0 Å². The molecule has 126 valence electrons. The molecule has 1 N–H and O–H groups in total. The maximum Gasteiger partial charge on any atom is 0.257 e. The van der Waals surface area contributed by atoms with Crippen LogP contribution >= 0.6 is 15.9 Å². The number of aromatic nitrogens is 1. The lowest BCUT2D eigenvalue weighted by Crippen LogP contribution is -2.45. The number of anilines is 2. The van der Waals surface area contributed by atoms with Crippen molar-refractivity contribution in [3.05, 3.63) is 52.8 Å². The number of nitrogens with zero attached hydrogens (tertiary/aromatic N) is 2. The smallest absolute Gasteiger partial charge is 0.257 e. The van der Waals surface area contributed by atoms with Gasteiger partial charge in [-0.05, 0) is 60.1 Å². The summed E-state index contributed by atoms with van der Waals surface area (Å²) < 4.78 is 6.54. The van der Waals surface area contributed by atoms with Crippen LogP contribution in [0.4, 0.5) is 11.4 Å². The van der Waals surface area contributed by atoms with Gasteiger partial charge in [-0.15, -0.1) is 0 Å². The fraction of sp³-hybridized carbons (Fsp3) is 0.333. The zero-order valence-corrected chi connectivity index (χ0v) is 15.3. The lowest BCUT2D eigenvalue weighted by Gasteiger charge is -2.36. The Kier molecular flexibility index (Phi) is 5.16. The Morgan fingerprint density at radius 3 is 2.50 bits per heavy atom. The van der Waals surface area contributed by atoms with Crippen LogP contribution in [0.1, 0.15) is 24.2 Å². The summed E-state index contributed by atoms with van der Waals surface area (Å²) in [5.74, 6) is -0.176. The van der Waals surface area contributed by atoms with Crippen LogP contribution in [0.25, 0.3) is 0 Å². The number of hydrogen-bond donors (Lipinski definition) is 1. The molecule has 0 radical (unpaired) electrons. The van der Waals surface area contributed by atoms with Crippen LogP contribution in [0.15, 0.2) is 47.2 Å². The van der Waals surface area contributed by atoms with Crippen molar-refractivity contribution in [1.82, 2.24) is 4.98 Å². The van der Waals surface area contributed by atoms with E-state index in [1.165, 1.54) is 0 Å². The summed E-state index contributed by atoms with van der Waals surface area (Å²) >= 11 is 3.32. The van der Waals surface area contributed by atoms with Gasteiger partial charge in [0.15, 0.2) is 0 Å². The number of morpholine rings is 1. The molecule has 2 unspecified atom stereocenters. The third kappa shape index (κ3) is 4.13. The highest BCUT2D eigenvalue weighted by Crippen LogP contribution is 2.22. The lowest BCUT2D eigenvalue weighted by molar-refractivity contribution is -0.00521. The van der Waals surface area contributed by atoms with E-state index < -0.39 is 0 Å².